The first-order chi connectivity index (χ1) is 17.0. The first-order valence-electron chi connectivity index (χ1n) is 12.3. The predicted molar refractivity (Wildman–Crippen MR) is 142 cm³/mol. The maximum absolute atomic E-state index is 13.2. The highest BCUT2D eigenvalue weighted by Crippen LogP contribution is 2.36. The number of carbonyl (C=O) groups excluding carboxylic acids is 1. The number of hydrogen-bond donors (Lipinski definition) is 2. The molecule has 2 aliphatic heterocycles. The third-order valence-corrected chi connectivity index (χ3v) is 8.33. The summed E-state index contributed by atoms with van der Waals surface area (Å²) in [6, 6.07) is 10.2. The van der Waals surface area contributed by atoms with E-state index in [2.05, 4.69) is 33.0 Å². The van der Waals surface area contributed by atoms with Crippen LogP contribution in [-0.4, -0.2) is 76.7 Å². The van der Waals surface area contributed by atoms with Crippen LogP contribution in [0.4, 0.5) is 16.2 Å². The zero-order chi connectivity index (χ0) is 26.1. The number of urea groups is 1. The van der Waals surface area contributed by atoms with Crippen molar-refractivity contribution >= 4 is 27.4 Å². The number of piperazine rings is 1. The lowest BCUT2D eigenvalue weighted by Gasteiger charge is -2.38. The van der Waals surface area contributed by atoms with Crippen LogP contribution in [0.5, 0.6) is 5.75 Å². The van der Waals surface area contributed by atoms with E-state index >= 15 is 0 Å². The lowest BCUT2D eigenvalue weighted by atomic mass is 9.96. The van der Waals surface area contributed by atoms with E-state index in [1.54, 1.807) is 44.9 Å². The summed E-state index contributed by atoms with van der Waals surface area (Å²) in [5.74, 6) is 0.864. The van der Waals surface area contributed by atoms with Crippen molar-refractivity contribution in [2.24, 2.45) is 0 Å². The molecule has 0 unspecified atom stereocenters. The van der Waals surface area contributed by atoms with E-state index in [4.69, 9.17) is 4.74 Å². The number of nitrogens with zero attached hydrogens (tertiary/aromatic N) is 3. The van der Waals surface area contributed by atoms with Gasteiger partial charge in [0.1, 0.15) is 5.75 Å². The van der Waals surface area contributed by atoms with Gasteiger partial charge in [0.25, 0.3) is 0 Å². The van der Waals surface area contributed by atoms with E-state index in [-0.39, 0.29) is 10.9 Å². The van der Waals surface area contributed by atoms with Crippen molar-refractivity contribution in [3.8, 4) is 5.75 Å². The molecule has 0 saturated carbocycles. The number of nitrogens with one attached hydrogen (secondary N) is 2. The van der Waals surface area contributed by atoms with E-state index < -0.39 is 15.6 Å². The molecule has 2 aromatic rings. The Hall–Kier alpha value is -2.82. The van der Waals surface area contributed by atoms with Gasteiger partial charge in [0.05, 0.1) is 12.0 Å². The molecule has 0 aromatic heterocycles. The third kappa shape index (κ3) is 5.93. The molecule has 196 valence electrons. The molecule has 36 heavy (non-hydrogen) atoms. The summed E-state index contributed by atoms with van der Waals surface area (Å²) in [5.41, 5.74) is 3.43. The zero-order valence-corrected chi connectivity index (χ0v) is 22.6. The minimum absolute atomic E-state index is 0.159. The Balaban J connectivity index is 1.49. The molecule has 9 nitrogen and oxygen atoms in total. The lowest BCUT2D eigenvalue weighted by molar-refractivity contribution is 0.206. The van der Waals surface area contributed by atoms with Crippen LogP contribution < -0.4 is 19.7 Å². The molecule has 10 heteroatoms. The normalized spacial score (nSPS) is 17.0. The minimum Gasteiger partial charge on any atom is -0.496 e. The number of anilines is 2. The Kier molecular flexibility index (Phi) is 7.49. The highest BCUT2D eigenvalue weighted by atomic mass is 32.2. The van der Waals surface area contributed by atoms with E-state index in [0.29, 0.717) is 25.2 Å². The molecule has 2 aromatic carbocycles. The number of fused-ring (bicyclic) bond motifs is 1. The quantitative estimate of drug-likeness (QED) is 0.636. The number of amides is 2. The van der Waals surface area contributed by atoms with Gasteiger partial charge in [-0.1, -0.05) is 0 Å². The SMILES string of the molecule is COc1ccc(N2CCN(C)CC2)c2c1CCN(C(=O)Nc1ccc(S(=O)(=O)NC(C)(C)C)cc1)C2. The smallest absolute Gasteiger partial charge is 0.322 e. The fourth-order valence-corrected chi connectivity index (χ4v) is 6.13. The Bertz CT molecular complexity index is 1200. The molecule has 2 aliphatic rings. The summed E-state index contributed by atoms with van der Waals surface area (Å²) < 4.78 is 33.4. The van der Waals surface area contributed by atoms with E-state index in [1.807, 2.05) is 6.07 Å². The number of rotatable bonds is 5. The number of hydrogen-bond acceptors (Lipinski definition) is 6. The standard InChI is InChI=1S/C26H37N5O4S/c1-26(2,3)28-36(33,34)20-8-6-19(7-9-20)27-25(32)31-13-12-21-22(18-31)23(10-11-24(21)35-5)30-16-14-29(4)15-17-30/h6-11,28H,12-18H2,1-5H3,(H,27,32). The average molecular weight is 516 g/mol. The second-order valence-corrected chi connectivity index (χ2v) is 12.2. The fourth-order valence-electron chi connectivity index (χ4n) is 4.72. The van der Waals surface area contributed by atoms with Crippen molar-refractivity contribution in [2.45, 2.75) is 44.2 Å². The molecule has 1 fully saturated rings. The molecular weight excluding hydrogens is 478 g/mol. The molecule has 0 aliphatic carbocycles. The number of sulfonamides is 1. The maximum Gasteiger partial charge on any atom is 0.322 e. The van der Waals surface area contributed by atoms with Crippen LogP contribution in [0.15, 0.2) is 41.3 Å². The van der Waals surface area contributed by atoms with Crippen molar-refractivity contribution in [3.05, 3.63) is 47.5 Å². The van der Waals surface area contributed by atoms with Crippen molar-refractivity contribution in [2.75, 3.05) is 57.1 Å². The summed E-state index contributed by atoms with van der Waals surface area (Å²) in [6.45, 7) is 10.3. The monoisotopic (exact) mass is 515 g/mol. The van der Waals surface area contributed by atoms with Crippen LogP contribution in [0.3, 0.4) is 0 Å². The molecule has 4 rings (SSSR count). The van der Waals surface area contributed by atoms with Crippen LogP contribution in [0.1, 0.15) is 31.9 Å². The van der Waals surface area contributed by atoms with Gasteiger partial charge in [0, 0.05) is 67.3 Å². The average Bonchev–Trinajstić information content (AvgIpc) is 2.82. The number of carbonyl (C=O) groups is 1. The van der Waals surface area contributed by atoms with Gasteiger partial charge in [-0.3, -0.25) is 0 Å². The van der Waals surface area contributed by atoms with Crippen LogP contribution >= 0.6 is 0 Å². The second kappa shape index (κ2) is 10.3. The highest BCUT2D eigenvalue weighted by Gasteiger charge is 2.28. The van der Waals surface area contributed by atoms with Crippen molar-refractivity contribution in [1.29, 1.82) is 0 Å². The number of likely N-dealkylation sites (N-methyl/N-ethyl adjacent to an activating group) is 1. The minimum atomic E-state index is -3.64. The fraction of sp³-hybridized carbons (Fsp3) is 0.500. The number of benzene rings is 2. The third-order valence-electron chi connectivity index (χ3n) is 6.55. The van der Waals surface area contributed by atoms with Gasteiger partial charge < -0.3 is 24.8 Å². The summed E-state index contributed by atoms with van der Waals surface area (Å²) in [6.07, 6.45) is 0.711. The lowest BCUT2D eigenvalue weighted by Crippen LogP contribution is -2.46. The van der Waals surface area contributed by atoms with Gasteiger partial charge in [-0.2, -0.15) is 0 Å². The van der Waals surface area contributed by atoms with E-state index in [1.165, 1.54) is 17.7 Å². The van der Waals surface area contributed by atoms with Crippen LogP contribution in [0.25, 0.3) is 0 Å². The molecule has 2 N–H and O–H groups in total. The number of ether oxygens (including phenoxy) is 1. The van der Waals surface area contributed by atoms with Crippen molar-refractivity contribution in [3.63, 3.8) is 0 Å². The van der Waals surface area contributed by atoms with Crippen molar-refractivity contribution in [1.82, 2.24) is 14.5 Å². The largest absolute Gasteiger partial charge is 0.496 e. The molecule has 1 saturated heterocycles. The Morgan fingerprint density at radius 3 is 2.22 bits per heavy atom. The Labute approximate surface area is 214 Å². The summed E-state index contributed by atoms with van der Waals surface area (Å²) in [7, 11) is 0.185. The Morgan fingerprint density at radius 1 is 0.944 bits per heavy atom. The second-order valence-electron chi connectivity index (χ2n) is 10.5. The first-order valence-corrected chi connectivity index (χ1v) is 13.8. The number of methoxy groups -OCH3 is 1. The molecule has 2 heterocycles. The van der Waals surface area contributed by atoms with Gasteiger partial charge in [-0.05, 0) is 70.6 Å². The summed E-state index contributed by atoms with van der Waals surface area (Å²) in [5, 5.41) is 2.92. The predicted octanol–water partition coefficient (Wildman–Crippen LogP) is 3.11. The summed E-state index contributed by atoms with van der Waals surface area (Å²) in [4.78, 5) is 19.8. The van der Waals surface area contributed by atoms with Crippen molar-refractivity contribution < 1.29 is 17.9 Å². The zero-order valence-electron chi connectivity index (χ0n) is 21.8. The molecule has 2 amide bonds. The van der Waals surface area contributed by atoms with Gasteiger partial charge in [0.15, 0.2) is 0 Å². The van der Waals surface area contributed by atoms with Gasteiger partial charge in [0.2, 0.25) is 10.0 Å². The molecule has 0 bridgehead atoms. The molecule has 0 radical (unpaired) electrons. The highest BCUT2D eigenvalue weighted by molar-refractivity contribution is 7.89. The van der Waals surface area contributed by atoms with Gasteiger partial charge >= 0.3 is 6.03 Å². The topological polar surface area (TPSA) is 94.2 Å². The first kappa shape index (κ1) is 26.2. The van der Waals surface area contributed by atoms with Crippen LogP contribution in [0, 0.1) is 0 Å². The van der Waals surface area contributed by atoms with Crippen LogP contribution in [0.2, 0.25) is 0 Å². The van der Waals surface area contributed by atoms with E-state index in [0.717, 1.165) is 43.2 Å². The van der Waals surface area contributed by atoms with E-state index in [9.17, 15) is 13.2 Å². The molecule has 0 atom stereocenters. The maximum atomic E-state index is 13.2. The van der Waals surface area contributed by atoms with Crippen LogP contribution in [-0.2, 0) is 23.0 Å². The Morgan fingerprint density at radius 2 is 1.61 bits per heavy atom. The molecule has 0 spiro atoms. The van der Waals surface area contributed by atoms with Gasteiger partial charge in [-0.25, -0.2) is 17.9 Å². The summed E-state index contributed by atoms with van der Waals surface area (Å²) >= 11 is 0. The van der Waals surface area contributed by atoms with Gasteiger partial charge in [-0.15, -0.1) is 0 Å². The molecular formula is C26H37N5O4S.